The highest BCUT2D eigenvalue weighted by Gasteiger charge is 2.36. The maximum absolute atomic E-state index is 13.2. The molecule has 202 valence electrons. The minimum absolute atomic E-state index is 0.206. The van der Waals surface area contributed by atoms with Crippen LogP contribution in [0.4, 0.5) is 14.9 Å². The third kappa shape index (κ3) is 7.18. The van der Waals surface area contributed by atoms with Crippen LogP contribution in [0, 0.1) is 23.2 Å². The molecular weight excluding hydrogens is 634 g/mol. The Labute approximate surface area is 243 Å². The highest BCUT2D eigenvalue weighted by Crippen LogP contribution is 2.38. The second kappa shape index (κ2) is 12.6. The Kier molecular flexibility index (Phi) is 9.28. The molecule has 0 spiro atoms. The van der Waals surface area contributed by atoms with Crippen LogP contribution in [-0.4, -0.2) is 35.1 Å². The third-order valence-corrected chi connectivity index (χ3v) is 7.60. The van der Waals surface area contributed by atoms with Crippen LogP contribution < -0.4 is 14.8 Å². The van der Waals surface area contributed by atoms with E-state index in [0.717, 1.165) is 36.9 Å². The lowest BCUT2D eigenvalue weighted by atomic mass is 10.1. The molecule has 1 aliphatic rings. The highest BCUT2D eigenvalue weighted by molar-refractivity contribution is 14.1. The summed E-state index contributed by atoms with van der Waals surface area (Å²) in [7, 11) is 0. The molecule has 0 radical (unpaired) electrons. The van der Waals surface area contributed by atoms with Crippen LogP contribution in [0.15, 0.2) is 59.5 Å². The summed E-state index contributed by atoms with van der Waals surface area (Å²) in [5.74, 6) is -0.318. The number of carbonyl (C=O) groups is 3. The second-order valence-electron chi connectivity index (χ2n) is 8.79. The van der Waals surface area contributed by atoms with Crippen molar-refractivity contribution < 1.29 is 28.2 Å². The van der Waals surface area contributed by atoms with Crippen molar-refractivity contribution in [3.63, 3.8) is 0 Å². The summed E-state index contributed by atoms with van der Waals surface area (Å²) >= 11 is 2.89. The molecule has 1 heterocycles. The van der Waals surface area contributed by atoms with E-state index in [1.165, 1.54) is 12.1 Å². The Morgan fingerprint density at radius 1 is 1.05 bits per heavy atom. The number of amides is 3. The van der Waals surface area contributed by atoms with E-state index in [2.05, 4.69) is 27.9 Å². The summed E-state index contributed by atoms with van der Waals surface area (Å²) in [4.78, 5) is 39.3. The van der Waals surface area contributed by atoms with Crippen molar-refractivity contribution in [2.45, 2.75) is 27.4 Å². The molecule has 7 nitrogen and oxygen atoms in total. The lowest BCUT2D eigenvalue weighted by Gasteiger charge is -2.15. The Morgan fingerprint density at radius 2 is 1.79 bits per heavy atom. The van der Waals surface area contributed by atoms with Gasteiger partial charge in [0.25, 0.3) is 11.1 Å². The normalized spacial score (nSPS) is 14.2. The van der Waals surface area contributed by atoms with Crippen molar-refractivity contribution in [1.29, 1.82) is 0 Å². The summed E-state index contributed by atoms with van der Waals surface area (Å²) in [5, 5.41) is 2.23. The quantitative estimate of drug-likeness (QED) is 0.203. The summed E-state index contributed by atoms with van der Waals surface area (Å²) < 4.78 is 25.7. The number of hydrogen-bond donors (Lipinski definition) is 1. The van der Waals surface area contributed by atoms with Gasteiger partial charge in [0.2, 0.25) is 5.91 Å². The number of hydrogen-bond acceptors (Lipinski definition) is 6. The van der Waals surface area contributed by atoms with Crippen LogP contribution in [0.3, 0.4) is 0 Å². The van der Waals surface area contributed by atoms with E-state index in [4.69, 9.17) is 9.47 Å². The molecule has 1 fully saturated rings. The van der Waals surface area contributed by atoms with E-state index in [9.17, 15) is 18.8 Å². The van der Waals surface area contributed by atoms with Gasteiger partial charge in [-0.1, -0.05) is 18.2 Å². The van der Waals surface area contributed by atoms with E-state index >= 15 is 0 Å². The molecular formula is C29H26FIN2O5S. The number of ether oxygens (including phenoxy) is 2. The smallest absolute Gasteiger partial charge is 0.294 e. The number of anilines is 1. The van der Waals surface area contributed by atoms with Gasteiger partial charge in [-0.2, -0.15) is 0 Å². The Hall–Kier alpha value is -3.38. The standard InChI is InChI=1S/C29H26FIN2O5S/c1-4-37-24-13-20(12-23(31)27(24)38-16-19-6-8-21(30)9-7-19)14-25-28(35)33(29(36)39-25)15-26(34)32-22-10-5-17(2)18(3)11-22/h5-14H,4,15-16H2,1-3H3,(H,32,34)/b25-14+. The second-order valence-corrected chi connectivity index (χ2v) is 10.9. The van der Waals surface area contributed by atoms with Gasteiger partial charge < -0.3 is 14.8 Å². The summed E-state index contributed by atoms with van der Waals surface area (Å²) in [6.45, 7) is 5.98. The lowest BCUT2D eigenvalue weighted by Crippen LogP contribution is -2.36. The van der Waals surface area contributed by atoms with Crippen LogP contribution in [0.5, 0.6) is 11.5 Å². The largest absolute Gasteiger partial charge is 0.490 e. The molecule has 0 saturated carbocycles. The van der Waals surface area contributed by atoms with E-state index < -0.39 is 17.1 Å². The van der Waals surface area contributed by atoms with E-state index in [1.54, 1.807) is 30.3 Å². The van der Waals surface area contributed by atoms with Gasteiger partial charge in [0.05, 0.1) is 15.1 Å². The van der Waals surface area contributed by atoms with Gasteiger partial charge in [0.1, 0.15) is 19.0 Å². The average Bonchev–Trinajstić information content (AvgIpc) is 3.14. The van der Waals surface area contributed by atoms with Gasteiger partial charge in [0, 0.05) is 5.69 Å². The molecule has 3 aromatic carbocycles. The number of carbonyl (C=O) groups excluding carboxylic acids is 3. The first-order valence-electron chi connectivity index (χ1n) is 12.1. The van der Waals surface area contributed by atoms with Crippen molar-refractivity contribution in [3.8, 4) is 11.5 Å². The van der Waals surface area contributed by atoms with Crippen molar-refractivity contribution in [1.82, 2.24) is 4.90 Å². The zero-order valence-corrected chi connectivity index (χ0v) is 24.5. The van der Waals surface area contributed by atoms with Crippen LogP contribution in [0.2, 0.25) is 0 Å². The van der Waals surface area contributed by atoms with Crippen LogP contribution in [-0.2, 0) is 16.2 Å². The first-order chi connectivity index (χ1) is 18.6. The average molecular weight is 661 g/mol. The number of aryl methyl sites for hydroxylation is 2. The molecule has 39 heavy (non-hydrogen) atoms. The molecule has 1 saturated heterocycles. The third-order valence-electron chi connectivity index (χ3n) is 5.89. The fourth-order valence-corrected chi connectivity index (χ4v) is 5.38. The van der Waals surface area contributed by atoms with Gasteiger partial charge >= 0.3 is 0 Å². The Balaban J connectivity index is 1.48. The molecule has 3 amide bonds. The molecule has 1 aliphatic heterocycles. The number of halogens is 2. The molecule has 0 bridgehead atoms. The first kappa shape index (κ1) is 28.6. The van der Waals surface area contributed by atoms with Gasteiger partial charge in [0.15, 0.2) is 11.5 Å². The molecule has 4 rings (SSSR count). The van der Waals surface area contributed by atoms with Gasteiger partial charge in [-0.05, 0) is 120 Å². The Bertz CT molecular complexity index is 1460. The van der Waals surface area contributed by atoms with Crippen LogP contribution in [0.25, 0.3) is 6.08 Å². The zero-order valence-electron chi connectivity index (χ0n) is 21.5. The minimum atomic E-state index is -0.537. The molecule has 0 aliphatic carbocycles. The number of nitrogens with one attached hydrogen (secondary N) is 1. The number of thioether (sulfide) groups is 1. The van der Waals surface area contributed by atoms with Crippen LogP contribution >= 0.6 is 34.4 Å². The lowest BCUT2D eigenvalue weighted by molar-refractivity contribution is -0.127. The maximum atomic E-state index is 13.2. The summed E-state index contributed by atoms with van der Waals surface area (Å²) in [5.41, 5.74) is 4.16. The highest BCUT2D eigenvalue weighted by atomic mass is 127. The van der Waals surface area contributed by atoms with Crippen molar-refractivity contribution in [2.24, 2.45) is 0 Å². The molecule has 0 unspecified atom stereocenters. The number of benzene rings is 3. The number of nitrogens with zero attached hydrogens (tertiary/aromatic N) is 1. The van der Waals surface area contributed by atoms with E-state index in [1.807, 2.05) is 39.0 Å². The van der Waals surface area contributed by atoms with Gasteiger partial charge in [-0.15, -0.1) is 0 Å². The Morgan fingerprint density at radius 3 is 2.49 bits per heavy atom. The van der Waals surface area contributed by atoms with Gasteiger partial charge in [-0.25, -0.2) is 4.39 Å². The first-order valence-corrected chi connectivity index (χ1v) is 14.0. The fourth-order valence-electron chi connectivity index (χ4n) is 3.76. The van der Waals surface area contributed by atoms with Crippen molar-refractivity contribution >= 4 is 63.2 Å². The topological polar surface area (TPSA) is 84.9 Å². The summed E-state index contributed by atoms with van der Waals surface area (Å²) in [6.07, 6.45) is 1.60. The van der Waals surface area contributed by atoms with Crippen LogP contribution in [0.1, 0.15) is 29.2 Å². The molecule has 3 aromatic rings. The molecule has 0 atom stereocenters. The number of rotatable bonds is 9. The summed E-state index contributed by atoms with van der Waals surface area (Å²) in [6, 6.07) is 15.1. The van der Waals surface area contributed by atoms with E-state index in [-0.39, 0.29) is 23.9 Å². The molecule has 10 heteroatoms. The van der Waals surface area contributed by atoms with Gasteiger partial charge in [-0.3, -0.25) is 19.3 Å². The molecule has 1 N–H and O–H groups in total. The van der Waals surface area contributed by atoms with E-state index in [0.29, 0.717) is 29.4 Å². The van der Waals surface area contributed by atoms with Crippen molar-refractivity contribution in [2.75, 3.05) is 18.5 Å². The maximum Gasteiger partial charge on any atom is 0.294 e. The number of imide groups is 1. The monoisotopic (exact) mass is 660 g/mol. The van der Waals surface area contributed by atoms with Crippen molar-refractivity contribution in [3.05, 3.63) is 91.1 Å². The fraction of sp³-hybridized carbons (Fsp3) is 0.207. The zero-order chi connectivity index (χ0) is 28.1. The predicted molar refractivity (Wildman–Crippen MR) is 158 cm³/mol. The SMILES string of the molecule is CCOc1cc(/C=C2/SC(=O)N(CC(=O)Nc3ccc(C)c(C)c3)C2=O)cc(I)c1OCc1ccc(F)cc1. The predicted octanol–water partition coefficient (Wildman–Crippen LogP) is 6.70. The minimum Gasteiger partial charge on any atom is -0.490 e. The molecule has 0 aromatic heterocycles.